The Morgan fingerprint density at radius 2 is 1.85 bits per heavy atom. The number of rotatable bonds is 6. The Labute approximate surface area is 155 Å². The molecule has 0 aliphatic carbocycles. The van der Waals surface area contributed by atoms with Crippen LogP contribution in [0.1, 0.15) is 23.2 Å². The molecule has 6 nitrogen and oxygen atoms in total. The summed E-state index contributed by atoms with van der Waals surface area (Å²) in [4.78, 5) is 12.0. The fourth-order valence-electron chi connectivity index (χ4n) is 2.71. The summed E-state index contributed by atoms with van der Waals surface area (Å²) in [5.41, 5.74) is -0.657. The Hall–Kier alpha value is -2.52. The molecule has 144 valence electrons. The molecule has 2 aromatic rings. The molecule has 2 N–H and O–H groups in total. The smallest absolute Gasteiger partial charge is 0.262 e. The number of carbonyl (C=O) groups excluding carboxylic acids is 1. The molecule has 0 saturated carbocycles. The van der Waals surface area contributed by atoms with E-state index in [-0.39, 0.29) is 16.6 Å². The Morgan fingerprint density at radius 1 is 1.15 bits per heavy atom. The topological polar surface area (TPSA) is 84.5 Å². The molecule has 1 fully saturated rings. The zero-order valence-electron chi connectivity index (χ0n) is 14.2. The second-order valence-corrected chi connectivity index (χ2v) is 7.76. The van der Waals surface area contributed by atoms with E-state index in [0.717, 1.165) is 37.1 Å². The van der Waals surface area contributed by atoms with Crippen LogP contribution in [0.4, 0.5) is 14.5 Å². The molecule has 9 heteroatoms. The van der Waals surface area contributed by atoms with Gasteiger partial charge in [0.05, 0.1) is 11.0 Å². The average molecular weight is 396 g/mol. The van der Waals surface area contributed by atoms with Crippen LogP contribution in [0.3, 0.4) is 0 Å². The molecular formula is C18H18F2N2O4S. The summed E-state index contributed by atoms with van der Waals surface area (Å²) < 4.78 is 59.6. The summed E-state index contributed by atoms with van der Waals surface area (Å²) in [6.45, 7) is 0.987. The first-order valence-electron chi connectivity index (χ1n) is 8.33. The molecule has 0 aromatic heterocycles. The molecule has 1 saturated heterocycles. The molecule has 0 radical (unpaired) electrons. The maximum atomic E-state index is 13.7. The van der Waals surface area contributed by atoms with E-state index < -0.39 is 33.3 Å². The first kappa shape index (κ1) is 19.2. The predicted octanol–water partition coefficient (Wildman–Crippen LogP) is 2.67. The number of halogens is 2. The quantitative estimate of drug-likeness (QED) is 0.786. The van der Waals surface area contributed by atoms with Gasteiger partial charge in [0.2, 0.25) is 0 Å². The van der Waals surface area contributed by atoms with E-state index >= 15 is 0 Å². The van der Waals surface area contributed by atoms with Crippen LogP contribution in [0.2, 0.25) is 0 Å². The Morgan fingerprint density at radius 3 is 2.52 bits per heavy atom. The van der Waals surface area contributed by atoms with Crippen LogP contribution < -0.4 is 10.0 Å². The molecular weight excluding hydrogens is 378 g/mol. The van der Waals surface area contributed by atoms with Crippen LogP contribution in [0.25, 0.3) is 0 Å². The van der Waals surface area contributed by atoms with Gasteiger partial charge in [0.15, 0.2) is 0 Å². The monoisotopic (exact) mass is 396 g/mol. The largest absolute Gasteiger partial charge is 0.376 e. The Bertz CT molecular complexity index is 924. The van der Waals surface area contributed by atoms with Crippen molar-refractivity contribution < 1.29 is 26.7 Å². The van der Waals surface area contributed by atoms with Gasteiger partial charge in [-0.2, -0.15) is 0 Å². The van der Waals surface area contributed by atoms with Crippen molar-refractivity contribution in [1.82, 2.24) is 5.32 Å². The van der Waals surface area contributed by atoms with E-state index in [4.69, 9.17) is 4.74 Å². The third-order valence-corrected chi connectivity index (χ3v) is 5.47. The average Bonchev–Trinajstić information content (AvgIpc) is 3.17. The summed E-state index contributed by atoms with van der Waals surface area (Å²) >= 11 is 0. The summed E-state index contributed by atoms with van der Waals surface area (Å²) in [5.74, 6) is -2.53. The van der Waals surface area contributed by atoms with Crippen molar-refractivity contribution in [3.8, 4) is 0 Å². The lowest BCUT2D eigenvalue weighted by Gasteiger charge is -2.12. The lowest BCUT2D eigenvalue weighted by Crippen LogP contribution is -2.31. The van der Waals surface area contributed by atoms with Gasteiger partial charge in [0.25, 0.3) is 15.9 Å². The van der Waals surface area contributed by atoms with Gasteiger partial charge in [-0.3, -0.25) is 9.52 Å². The van der Waals surface area contributed by atoms with Crippen LogP contribution in [0.5, 0.6) is 0 Å². The van der Waals surface area contributed by atoms with E-state index in [1.165, 1.54) is 18.2 Å². The van der Waals surface area contributed by atoms with Crippen molar-refractivity contribution in [2.24, 2.45) is 0 Å². The highest BCUT2D eigenvalue weighted by atomic mass is 32.2. The third-order valence-electron chi connectivity index (χ3n) is 4.12. The standard InChI is InChI=1S/C18H18F2N2O4S/c19-15-7-2-8-16(20)17(15)22-27(24,25)14-6-1-4-12(10-14)18(23)21-11-13-5-3-9-26-13/h1-2,4,6-8,10,13,22H,3,5,9,11H2,(H,21,23). The number of nitrogens with one attached hydrogen (secondary N) is 2. The molecule has 3 rings (SSSR count). The third kappa shape index (κ3) is 4.61. The van der Waals surface area contributed by atoms with Crippen molar-refractivity contribution in [2.75, 3.05) is 17.9 Å². The highest BCUT2D eigenvalue weighted by Gasteiger charge is 2.21. The van der Waals surface area contributed by atoms with Gasteiger partial charge in [-0.25, -0.2) is 17.2 Å². The minimum atomic E-state index is -4.28. The van der Waals surface area contributed by atoms with Crippen LogP contribution >= 0.6 is 0 Å². The molecule has 1 unspecified atom stereocenters. The Kier molecular flexibility index (Phi) is 5.71. The van der Waals surface area contributed by atoms with E-state index in [1.807, 2.05) is 4.72 Å². The summed E-state index contributed by atoms with van der Waals surface area (Å²) in [7, 11) is -4.28. The van der Waals surface area contributed by atoms with Crippen LogP contribution in [-0.2, 0) is 14.8 Å². The number of hydrogen-bond acceptors (Lipinski definition) is 4. The van der Waals surface area contributed by atoms with Crippen LogP contribution in [0.15, 0.2) is 47.4 Å². The van der Waals surface area contributed by atoms with Crippen molar-refractivity contribution in [3.05, 3.63) is 59.7 Å². The summed E-state index contributed by atoms with van der Waals surface area (Å²) in [6, 6.07) is 8.22. The van der Waals surface area contributed by atoms with Crippen LogP contribution in [0, 0.1) is 11.6 Å². The molecule has 2 aromatic carbocycles. The predicted molar refractivity (Wildman–Crippen MR) is 94.9 cm³/mol. The number of carbonyl (C=O) groups is 1. The van der Waals surface area contributed by atoms with Crippen molar-refractivity contribution in [3.63, 3.8) is 0 Å². The number of ether oxygens (including phenoxy) is 1. The minimum Gasteiger partial charge on any atom is -0.376 e. The van der Waals surface area contributed by atoms with Gasteiger partial charge in [-0.1, -0.05) is 12.1 Å². The number of hydrogen-bond donors (Lipinski definition) is 2. The fraction of sp³-hybridized carbons (Fsp3) is 0.278. The van der Waals surface area contributed by atoms with Crippen molar-refractivity contribution in [2.45, 2.75) is 23.8 Å². The van der Waals surface area contributed by atoms with Gasteiger partial charge in [-0.15, -0.1) is 0 Å². The fourth-order valence-corrected chi connectivity index (χ4v) is 3.83. The lowest BCUT2D eigenvalue weighted by atomic mass is 10.2. The molecule has 27 heavy (non-hydrogen) atoms. The maximum absolute atomic E-state index is 13.7. The summed E-state index contributed by atoms with van der Waals surface area (Å²) in [6.07, 6.45) is 1.74. The molecule has 0 spiro atoms. The highest BCUT2D eigenvalue weighted by Crippen LogP contribution is 2.22. The maximum Gasteiger partial charge on any atom is 0.262 e. The molecule has 0 bridgehead atoms. The van der Waals surface area contributed by atoms with Gasteiger partial charge >= 0.3 is 0 Å². The SMILES string of the molecule is O=C(NCC1CCCO1)c1cccc(S(=O)(=O)Nc2c(F)cccc2F)c1. The van der Waals surface area contributed by atoms with E-state index in [1.54, 1.807) is 0 Å². The lowest BCUT2D eigenvalue weighted by molar-refractivity contribution is 0.0857. The normalized spacial score (nSPS) is 16.9. The second kappa shape index (κ2) is 8.01. The van der Waals surface area contributed by atoms with Crippen LogP contribution in [-0.4, -0.2) is 33.6 Å². The number of amides is 1. The first-order valence-corrected chi connectivity index (χ1v) is 9.82. The molecule has 1 aliphatic rings. The molecule has 1 heterocycles. The second-order valence-electron chi connectivity index (χ2n) is 6.08. The summed E-state index contributed by atoms with van der Waals surface area (Å²) in [5, 5.41) is 2.69. The number of anilines is 1. The zero-order valence-corrected chi connectivity index (χ0v) is 15.1. The van der Waals surface area contributed by atoms with E-state index in [9.17, 15) is 22.0 Å². The molecule has 1 amide bonds. The number of sulfonamides is 1. The van der Waals surface area contributed by atoms with E-state index in [2.05, 4.69) is 5.32 Å². The zero-order chi connectivity index (χ0) is 19.4. The van der Waals surface area contributed by atoms with Gasteiger partial charge in [0, 0.05) is 18.7 Å². The van der Waals surface area contributed by atoms with E-state index in [0.29, 0.717) is 13.2 Å². The Balaban J connectivity index is 1.76. The van der Waals surface area contributed by atoms with Gasteiger partial charge < -0.3 is 10.1 Å². The van der Waals surface area contributed by atoms with Crippen molar-refractivity contribution >= 4 is 21.6 Å². The number of para-hydroxylation sites is 1. The van der Waals surface area contributed by atoms with Gasteiger partial charge in [0.1, 0.15) is 17.3 Å². The molecule has 1 aliphatic heterocycles. The number of benzene rings is 2. The first-order chi connectivity index (χ1) is 12.9. The highest BCUT2D eigenvalue weighted by molar-refractivity contribution is 7.92. The molecule has 1 atom stereocenters. The minimum absolute atomic E-state index is 0.0495. The van der Waals surface area contributed by atoms with Gasteiger partial charge in [-0.05, 0) is 43.2 Å². The van der Waals surface area contributed by atoms with Crippen molar-refractivity contribution in [1.29, 1.82) is 0 Å².